The van der Waals surface area contributed by atoms with Crippen molar-refractivity contribution in [3.05, 3.63) is 70.7 Å². The zero-order valence-corrected chi connectivity index (χ0v) is 18.3. The maximum Gasteiger partial charge on any atom is 0.254 e. The lowest BCUT2D eigenvalue weighted by Gasteiger charge is -2.36. The number of nitrogens with zero attached hydrogens (tertiary/aromatic N) is 2. The molecule has 0 saturated carbocycles. The maximum atomic E-state index is 13.0. The Balaban J connectivity index is 1.65. The first-order valence-corrected chi connectivity index (χ1v) is 10.8. The molecule has 1 atom stereocenters. The summed E-state index contributed by atoms with van der Waals surface area (Å²) in [5, 5.41) is 0.542. The monoisotopic (exact) mass is 428 g/mol. The summed E-state index contributed by atoms with van der Waals surface area (Å²) >= 11 is 6.04. The molecule has 0 aliphatic carbocycles. The number of morpholine rings is 1. The van der Waals surface area contributed by atoms with Crippen molar-refractivity contribution in [1.29, 1.82) is 0 Å². The number of amides is 2. The number of benzene rings is 2. The van der Waals surface area contributed by atoms with Crippen molar-refractivity contribution in [3.8, 4) is 0 Å². The Labute approximate surface area is 183 Å². The van der Waals surface area contributed by atoms with E-state index in [1.165, 1.54) is 0 Å². The van der Waals surface area contributed by atoms with Crippen LogP contribution in [0, 0.1) is 5.92 Å². The summed E-state index contributed by atoms with van der Waals surface area (Å²) in [7, 11) is 0. The Morgan fingerprint density at radius 1 is 1.17 bits per heavy atom. The summed E-state index contributed by atoms with van der Waals surface area (Å²) < 4.78 is 5.92. The minimum Gasteiger partial charge on any atom is -0.373 e. The van der Waals surface area contributed by atoms with Crippen molar-refractivity contribution in [2.75, 3.05) is 32.8 Å². The van der Waals surface area contributed by atoms with Gasteiger partial charge in [-0.25, -0.2) is 0 Å². The molecule has 1 heterocycles. The highest BCUT2D eigenvalue weighted by atomic mass is 35.5. The molecule has 6 heteroatoms. The Bertz CT molecular complexity index is 857. The lowest BCUT2D eigenvalue weighted by molar-refractivity contribution is -0.134. The highest BCUT2D eigenvalue weighted by molar-refractivity contribution is 6.30. The molecule has 160 valence electrons. The van der Waals surface area contributed by atoms with Gasteiger partial charge in [-0.3, -0.25) is 9.59 Å². The molecule has 2 aromatic rings. The summed E-state index contributed by atoms with van der Waals surface area (Å²) in [5.74, 6) is 0.367. The molecule has 1 unspecified atom stereocenters. The third-order valence-corrected chi connectivity index (χ3v) is 5.29. The van der Waals surface area contributed by atoms with Gasteiger partial charge in [-0.1, -0.05) is 61.8 Å². The van der Waals surface area contributed by atoms with Gasteiger partial charge in [0.2, 0.25) is 5.91 Å². The first-order chi connectivity index (χ1) is 14.4. The minimum atomic E-state index is -0.208. The van der Waals surface area contributed by atoms with Crippen molar-refractivity contribution >= 4 is 23.4 Å². The minimum absolute atomic E-state index is 0.0585. The quantitative estimate of drug-likeness (QED) is 0.671. The molecule has 0 aromatic heterocycles. The van der Waals surface area contributed by atoms with Gasteiger partial charge in [-0.15, -0.1) is 0 Å². The van der Waals surface area contributed by atoms with Crippen LogP contribution in [0.2, 0.25) is 5.02 Å². The fourth-order valence-corrected chi connectivity index (χ4v) is 3.86. The van der Waals surface area contributed by atoms with E-state index in [9.17, 15) is 9.59 Å². The van der Waals surface area contributed by atoms with E-state index in [1.54, 1.807) is 29.2 Å². The van der Waals surface area contributed by atoms with Crippen LogP contribution in [0.15, 0.2) is 54.6 Å². The highest BCUT2D eigenvalue weighted by Crippen LogP contribution is 2.16. The van der Waals surface area contributed by atoms with Gasteiger partial charge in [0, 0.05) is 36.8 Å². The molecular weight excluding hydrogens is 400 g/mol. The molecule has 30 heavy (non-hydrogen) atoms. The second-order valence-corrected chi connectivity index (χ2v) is 8.55. The second kappa shape index (κ2) is 10.6. The average Bonchev–Trinajstić information content (AvgIpc) is 2.73. The smallest absolute Gasteiger partial charge is 0.254 e. The number of hydrogen-bond donors (Lipinski definition) is 0. The lowest BCUT2D eigenvalue weighted by Crippen LogP contribution is -2.51. The summed E-state index contributed by atoms with van der Waals surface area (Å²) in [4.78, 5) is 29.5. The van der Waals surface area contributed by atoms with Crippen LogP contribution in [-0.2, 0) is 16.0 Å². The summed E-state index contributed by atoms with van der Waals surface area (Å²) in [5.41, 5.74) is 1.57. The summed E-state index contributed by atoms with van der Waals surface area (Å²) in [6, 6.07) is 16.7. The molecule has 2 aromatic carbocycles. The lowest BCUT2D eigenvalue weighted by atomic mass is 10.1. The van der Waals surface area contributed by atoms with Gasteiger partial charge >= 0.3 is 0 Å². The van der Waals surface area contributed by atoms with Gasteiger partial charge < -0.3 is 14.5 Å². The average molecular weight is 429 g/mol. The SMILES string of the molecule is CC(C)CN(CC1CN(C(=O)c2cccc(Cl)c2)CCO1)C(=O)Cc1ccccc1. The van der Waals surface area contributed by atoms with Crippen molar-refractivity contribution < 1.29 is 14.3 Å². The Morgan fingerprint density at radius 2 is 1.93 bits per heavy atom. The zero-order valence-electron chi connectivity index (χ0n) is 17.6. The van der Waals surface area contributed by atoms with Crippen LogP contribution in [-0.4, -0.2) is 60.5 Å². The van der Waals surface area contributed by atoms with E-state index in [-0.39, 0.29) is 17.9 Å². The van der Waals surface area contributed by atoms with Crippen LogP contribution in [0.3, 0.4) is 0 Å². The van der Waals surface area contributed by atoms with Gasteiger partial charge in [0.1, 0.15) is 0 Å². The molecular formula is C24H29ClN2O3. The van der Waals surface area contributed by atoms with Gasteiger partial charge in [-0.05, 0) is 29.7 Å². The fourth-order valence-electron chi connectivity index (χ4n) is 3.67. The standard InChI is InChI=1S/C24H29ClN2O3/c1-18(2)15-27(23(28)13-19-7-4-3-5-8-19)17-22-16-26(11-12-30-22)24(29)20-9-6-10-21(25)14-20/h3-10,14,18,22H,11-13,15-17H2,1-2H3. The largest absolute Gasteiger partial charge is 0.373 e. The number of halogens is 1. The molecule has 1 aliphatic rings. The van der Waals surface area contributed by atoms with E-state index in [2.05, 4.69) is 13.8 Å². The summed E-state index contributed by atoms with van der Waals surface area (Å²) in [6.07, 6.45) is 0.159. The molecule has 0 spiro atoms. The molecule has 0 radical (unpaired) electrons. The van der Waals surface area contributed by atoms with E-state index in [1.807, 2.05) is 35.2 Å². The van der Waals surface area contributed by atoms with Crippen molar-refractivity contribution in [2.45, 2.75) is 26.4 Å². The van der Waals surface area contributed by atoms with E-state index in [4.69, 9.17) is 16.3 Å². The zero-order chi connectivity index (χ0) is 21.5. The predicted octanol–water partition coefficient (Wildman–Crippen LogP) is 3.91. The van der Waals surface area contributed by atoms with E-state index in [0.29, 0.717) is 55.7 Å². The van der Waals surface area contributed by atoms with E-state index >= 15 is 0 Å². The number of carbonyl (C=O) groups excluding carboxylic acids is 2. The molecule has 2 amide bonds. The fraction of sp³-hybridized carbons (Fsp3) is 0.417. The van der Waals surface area contributed by atoms with Gasteiger partial charge in [0.05, 0.1) is 19.1 Å². The second-order valence-electron chi connectivity index (χ2n) is 8.11. The van der Waals surface area contributed by atoms with E-state index < -0.39 is 0 Å². The Morgan fingerprint density at radius 3 is 2.63 bits per heavy atom. The van der Waals surface area contributed by atoms with Crippen molar-refractivity contribution in [1.82, 2.24) is 9.80 Å². The third-order valence-electron chi connectivity index (χ3n) is 5.06. The first kappa shape index (κ1) is 22.3. The molecule has 1 aliphatic heterocycles. The van der Waals surface area contributed by atoms with Crippen LogP contribution in [0.25, 0.3) is 0 Å². The van der Waals surface area contributed by atoms with Crippen molar-refractivity contribution in [2.24, 2.45) is 5.92 Å². The van der Waals surface area contributed by atoms with Crippen LogP contribution in [0.5, 0.6) is 0 Å². The molecule has 1 saturated heterocycles. The predicted molar refractivity (Wildman–Crippen MR) is 119 cm³/mol. The number of carbonyl (C=O) groups is 2. The molecule has 5 nitrogen and oxygen atoms in total. The molecule has 0 bridgehead atoms. The maximum absolute atomic E-state index is 13.0. The van der Waals surface area contributed by atoms with Gasteiger partial charge in [0.25, 0.3) is 5.91 Å². The van der Waals surface area contributed by atoms with Crippen LogP contribution in [0.4, 0.5) is 0 Å². The van der Waals surface area contributed by atoms with Crippen molar-refractivity contribution in [3.63, 3.8) is 0 Å². The Kier molecular flexibility index (Phi) is 7.88. The topological polar surface area (TPSA) is 49.9 Å². The molecule has 1 fully saturated rings. The first-order valence-electron chi connectivity index (χ1n) is 10.4. The number of hydrogen-bond acceptors (Lipinski definition) is 3. The number of ether oxygens (including phenoxy) is 1. The molecule has 3 rings (SSSR count). The van der Waals surface area contributed by atoms with Crippen LogP contribution >= 0.6 is 11.6 Å². The normalized spacial score (nSPS) is 16.5. The molecule has 0 N–H and O–H groups in total. The third kappa shape index (κ3) is 6.31. The van der Waals surface area contributed by atoms with Gasteiger partial charge in [-0.2, -0.15) is 0 Å². The number of rotatable bonds is 7. The van der Waals surface area contributed by atoms with Crippen LogP contribution < -0.4 is 0 Å². The Hall–Kier alpha value is -2.37. The van der Waals surface area contributed by atoms with E-state index in [0.717, 1.165) is 5.56 Å². The van der Waals surface area contributed by atoms with Crippen LogP contribution in [0.1, 0.15) is 29.8 Å². The highest BCUT2D eigenvalue weighted by Gasteiger charge is 2.28. The van der Waals surface area contributed by atoms with Gasteiger partial charge in [0.15, 0.2) is 0 Å². The summed E-state index contributed by atoms with van der Waals surface area (Å²) in [6.45, 7) is 6.78.